The molecule has 2 saturated carbocycles. The van der Waals surface area contributed by atoms with Crippen molar-refractivity contribution in [3.05, 3.63) is 0 Å². The number of ether oxygens (including phenoxy) is 1. The van der Waals surface area contributed by atoms with E-state index in [1.165, 1.54) is 19.3 Å². The SMILES string of the molecule is FC1(F)CCC2(CC1)OCCNC2CC1CCC1. The number of hydrogen-bond acceptors (Lipinski definition) is 2. The van der Waals surface area contributed by atoms with Gasteiger partial charge in [0.05, 0.1) is 12.2 Å². The Kier molecular flexibility index (Phi) is 3.35. The average Bonchev–Trinajstić information content (AvgIpc) is 2.30. The summed E-state index contributed by atoms with van der Waals surface area (Å²) in [4.78, 5) is 0. The summed E-state index contributed by atoms with van der Waals surface area (Å²) in [5.74, 6) is -1.67. The van der Waals surface area contributed by atoms with Crippen molar-refractivity contribution in [1.29, 1.82) is 0 Å². The molecular weight excluding hydrogens is 236 g/mol. The lowest BCUT2D eigenvalue weighted by molar-refractivity contribution is -0.165. The number of alkyl halides is 2. The Morgan fingerprint density at radius 3 is 2.44 bits per heavy atom. The van der Waals surface area contributed by atoms with Gasteiger partial charge in [0.25, 0.3) is 0 Å². The Morgan fingerprint density at radius 2 is 1.83 bits per heavy atom. The van der Waals surface area contributed by atoms with Crippen molar-refractivity contribution in [2.45, 2.75) is 68.9 Å². The zero-order chi connectivity index (χ0) is 12.6. The van der Waals surface area contributed by atoms with E-state index < -0.39 is 5.92 Å². The molecule has 1 spiro atoms. The minimum Gasteiger partial charge on any atom is -0.372 e. The van der Waals surface area contributed by atoms with Gasteiger partial charge in [0.1, 0.15) is 0 Å². The maximum Gasteiger partial charge on any atom is 0.248 e. The molecule has 3 aliphatic rings. The van der Waals surface area contributed by atoms with Gasteiger partial charge in [-0.15, -0.1) is 0 Å². The van der Waals surface area contributed by atoms with Crippen LogP contribution in [0.4, 0.5) is 8.78 Å². The van der Waals surface area contributed by atoms with E-state index in [1.54, 1.807) is 0 Å². The molecular formula is C14H23F2NO. The van der Waals surface area contributed by atoms with Gasteiger partial charge in [0.15, 0.2) is 0 Å². The highest BCUT2D eigenvalue weighted by molar-refractivity contribution is 5.01. The van der Waals surface area contributed by atoms with Crippen LogP contribution in [-0.4, -0.2) is 30.7 Å². The minimum absolute atomic E-state index is 0.00412. The van der Waals surface area contributed by atoms with E-state index in [4.69, 9.17) is 4.74 Å². The van der Waals surface area contributed by atoms with Gasteiger partial charge in [0, 0.05) is 25.4 Å². The van der Waals surface area contributed by atoms with Crippen LogP contribution >= 0.6 is 0 Å². The second-order valence-electron chi connectivity index (χ2n) is 6.31. The van der Waals surface area contributed by atoms with E-state index in [9.17, 15) is 8.78 Å². The van der Waals surface area contributed by atoms with Crippen LogP contribution < -0.4 is 5.32 Å². The molecule has 4 heteroatoms. The third-order valence-corrected chi connectivity index (χ3v) is 5.14. The molecule has 1 N–H and O–H groups in total. The molecule has 2 nitrogen and oxygen atoms in total. The molecule has 18 heavy (non-hydrogen) atoms. The molecule has 0 amide bonds. The fourth-order valence-electron chi connectivity index (χ4n) is 3.67. The highest BCUT2D eigenvalue weighted by Gasteiger charge is 2.50. The first-order valence-electron chi connectivity index (χ1n) is 7.35. The normalized spacial score (nSPS) is 35.3. The molecule has 3 fully saturated rings. The highest BCUT2D eigenvalue weighted by Crippen LogP contribution is 2.45. The van der Waals surface area contributed by atoms with E-state index in [-0.39, 0.29) is 18.4 Å². The quantitative estimate of drug-likeness (QED) is 0.822. The van der Waals surface area contributed by atoms with Crippen molar-refractivity contribution in [2.24, 2.45) is 5.92 Å². The van der Waals surface area contributed by atoms with Crippen molar-refractivity contribution in [3.8, 4) is 0 Å². The minimum atomic E-state index is -2.47. The first kappa shape index (κ1) is 12.8. The lowest BCUT2D eigenvalue weighted by atomic mass is 9.71. The Balaban J connectivity index is 1.66. The fraction of sp³-hybridized carbons (Fsp3) is 1.00. The van der Waals surface area contributed by atoms with Gasteiger partial charge in [-0.05, 0) is 25.2 Å². The first-order valence-corrected chi connectivity index (χ1v) is 7.35. The van der Waals surface area contributed by atoms with Crippen LogP contribution in [0.25, 0.3) is 0 Å². The highest BCUT2D eigenvalue weighted by atomic mass is 19.3. The molecule has 1 aliphatic heterocycles. The third-order valence-electron chi connectivity index (χ3n) is 5.14. The summed E-state index contributed by atoms with van der Waals surface area (Å²) in [5.41, 5.74) is -0.296. The van der Waals surface area contributed by atoms with E-state index >= 15 is 0 Å². The van der Waals surface area contributed by atoms with Crippen LogP contribution in [0.5, 0.6) is 0 Å². The molecule has 2 aliphatic carbocycles. The van der Waals surface area contributed by atoms with Crippen molar-refractivity contribution < 1.29 is 13.5 Å². The van der Waals surface area contributed by atoms with Gasteiger partial charge in [-0.25, -0.2) is 8.78 Å². The van der Waals surface area contributed by atoms with Gasteiger partial charge >= 0.3 is 0 Å². The molecule has 1 unspecified atom stereocenters. The van der Waals surface area contributed by atoms with Gasteiger partial charge in [-0.3, -0.25) is 0 Å². The number of rotatable bonds is 2. The van der Waals surface area contributed by atoms with Crippen molar-refractivity contribution in [3.63, 3.8) is 0 Å². The van der Waals surface area contributed by atoms with Gasteiger partial charge < -0.3 is 10.1 Å². The van der Waals surface area contributed by atoms with Gasteiger partial charge in [-0.1, -0.05) is 19.3 Å². The van der Waals surface area contributed by atoms with Crippen LogP contribution in [-0.2, 0) is 4.74 Å². The number of morpholine rings is 1. The zero-order valence-corrected chi connectivity index (χ0v) is 10.9. The van der Waals surface area contributed by atoms with Gasteiger partial charge in [-0.2, -0.15) is 0 Å². The summed E-state index contributed by atoms with van der Waals surface area (Å²) < 4.78 is 32.7. The van der Waals surface area contributed by atoms with Crippen LogP contribution in [0.3, 0.4) is 0 Å². The molecule has 0 aromatic rings. The summed E-state index contributed by atoms with van der Waals surface area (Å²) in [6, 6.07) is 0.299. The number of nitrogens with one attached hydrogen (secondary N) is 1. The smallest absolute Gasteiger partial charge is 0.248 e. The standard InChI is InChI=1S/C14H23F2NO/c15-14(16)6-4-13(5-7-14)12(17-8-9-18-13)10-11-2-1-3-11/h11-12,17H,1-10H2. The molecule has 3 rings (SSSR count). The predicted octanol–water partition coefficient (Wildman–Crippen LogP) is 3.11. The Labute approximate surface area is 107 Å². The van der Waals surface area contributed by atoms with Crippen LogP contribution in [0.2, 0.25) is 0 Å². The molecule has 1 saturated heterocycles. The van der Waals surface area contributed by atoms with Crippen LogP contribution in [0.1, 0.15) is 51.4 Å². The number of halogens is 2. The van der Waals surface area contributed by atoms with Crippen molar-refractivity contribution in [2.75, 3.05) is 13.2 Å². The average molecular weight is 259 g/mol. The Morgan fingerprint density at radius 1 is 1.11 bits per heavy atom. The van der Waals surface area contributed by atoms with E-state index in [1.807, 2.05) is 0 Å². The van der Waals surface area contributed by atoms with Crippen molar-refractivity contribution >= 4 is 0 Å². The maximum atomic E-state index is 13.3. The molecule has 0 aromatic heterocycles. The first-order chi connectivity index (χ1) is 8.60. The topological polar surface area (TPSA) is 21.3 Å². The maximum absolute atomic E-state index is 13.3. The summed E-state index contributed by atoms with van der Waals surface area (Å²) >= 11 is 0. The van der Waals surface area contributed by atoms with E-state index in [0.717, 1.165) is 18.9 Å². The van der Waals surface area contributed by atoms with E-state index in [0.29, 0.717) is 25.5 Å². The zero-order valence-electron chi connectivity index (χ0n) is 10.9. The summed E-state index contributed by atoms with van der Waals surface area (Å²) in [7, 11) is 0. The second-order valence-corrected chi connectivity index (χ2v) is 6.31. The summed E-state index contributed by atoms with van der Waals surface area (Å²) in [6.07, 6.45) is 6.10. The second kappa shape index (κ2) is 4.71. The third kappa shape index (κ3) is 2.42. The monoisotopic (exact) mass is 259 g/mol. The van der Waals surface area contributed by atoms with Crippen LogP contribution in [0.15, 0.2) is 0 Å². The summed E-state index contributed by atoms with van der Waals surface area (Å²) in [5, 5.41) is 3.54. The molecule has 0 bridgehead atoms. The Hall–Kier alpha value is -0.220. The van der Waals surface area contributed by atoms with Gasteiger partial charge in [0.2, 0.25) is 5.92 Å². The van der Waals surface area contributed by atoms with E-state index in [2.05, 4.69) is 5.32 Å². The molecule has 1 heterocycles. The molecule has 0 aromatic carbocycles. The molecule has 0 radical (unpaired) electrons. The lowest BCUT2D eigenvalue weighted by Crippen LogP contribution is -2.60. The largest absolute Gasteiger partial charge is 0.372 e. The van der Waals surface area contributed by atoms with Crippen LogP contribution in [0, 0.1) is 5.92 Å². The molecule has 1 atom stereocenters. The fourth-order valence-corrected chi connectivity index (χ4v) is 3.67. The summed E-state index contributed by atoms with van der Waals surface area (Å²) in [6.45, 7) is 1.54. The lowest BCUT2D eigenvalue weighted by Gasteiger charge is -2.49. The molecule has 104 valence electrons. The van der Waals surface area contributed by atoms with Crippen molar-refractivity contribution in [1.82, 2.24) is 5.32 Å². The Bertz CT molecular complexity index is 294. The predicted molar refractivity (Wildman–Crippen MR) is 65.8 cm³/mol. The number of hydrogen-bond donors (Lipinski definition) is 1.